The minimum absolute atomic E-state index is 0.230. The first-order chi connectivity index (χ1) is 6.66. The lowest BCUT2D eigenvalue weighted by atomic mass is 9.95. The molecule has 0 N–H and O–H groups in total. The van der Waals surface area contributed by atoms with E-state index in [1.54, 1.807) is 6.92 Å². The topological polar surface area (TPSA) is 26.3 Å². The third-order valence-corrected chi connectivity index (χ3v) is 2.24. The Kier molecular flexibility index (Phi) is 4.18. The maximum atomic E-state index is 11.4. The molecule has 2 nitrogen and oxygen atoms in total. The zero-order chi connectivity index (χ0) is 10.6. The number of allylic oxidation sites excluding steroid dienone is 1. The molecule has 5 radical (unpaired) electrons. The highest BCUT2D eigenvalue weighted by Gasteiger charge is 2.22. The summed E-state index contributed by atoms with van der Waals surface area (Å²) in [7, 11) is 0. The Morgan fingerprint density at radius 3 is 2.36 bits per heavy atom. The minimum Gasteiger partial charge on any atom is -0.463 e. The van der Waals surface area contributed by atoms with Crippen LogP contribution in [-0.4, -0.2) is 12.6 Å². The van der Waals surface area contributed by atoms with Crippen LogP contribution in [0, 0.1) is 31.6 Å². The fraction of sp³-hybridized carbons (Fsp3) is 0.333. The summed E-state index contributed by atoms with van der Waals surface area (Å²) in [6.07, 6.45) is 7.88. The molecule has 0 aromatic heterocycles. The van der Waals surface area contributed by atoms with Gasteiger partial charge >= 0.3 is 5.97 Å². The molecule has 2 heteroatoms. The molecule has 1 saturated carbocycles. The molecule has 1 aliphatic rings. The summed E-state index contributed by atoms with van der Waals surface area (Å²) in [6, 6.07) is 0. The van der Waals surface area contributed by atoms with Crippen molar-refractivity contribution in [2.45, 2.75) is 20.8 Å². The average Bonchev–Trinajstić information content (AvgIpc) is 2.68. The summed E-state index contributed by atoms with van der Waals surface area (Å²) in [5.74, 6) is 0.849. The minimum atomic E-state index is -0.230. The summed E-state index contributed by atoms with van der Waals surface area (Å²) in [6.45, 7) is 5.95. The van der Waals surface area contributed by atoms with Gasteiger partial charge in [0.1, 0.15) is 0 Å². The predicted molar refractivity (Wildman–Crippen MR) is 55.5 cm³/mol. The molecule has 0 unspecified atom stereocenters. The van der Waals surface area contributed by atoms with Crippen molar-refractivity contribution in [1.82, 2.24) is 0 Å². The summed E-state index contributed by atoms with van der Waals surface area (Å²) < 4.78 is 4.93. The zero-order valence-electron chi connectivity index (χ0n) is 8.83. The maximum Gasteiger partial charge on any atom is 0.333 e. The van der Waals surface area contributed by atoms with Crippen LogP contribution < -0.4 is 0 Å². The molecule has 0 spiro atoms. The van der Waals surface area contributed by atoms with E-state index >= 15 is 0 Å². The van der Waals surface area contributed by atoms with Crippen molar-refractivity contribution in [2.24, 2.45) is 0 Å². The van der Waals surface area contributed by atoms with Crippen LogP contribution in [0.1, 0.15) is 20.8 Å². The zero-order valence-corrected chi connectivity index (χ0v) is 8.83. The molecule has 75 valence electrons. The molecule has 0 aromatic rings. The number of esters is 1. The van der Waals surface area contributed by atoms with E-state index in [4.69, 9.17) is 4.74 Å². The third kappa shape index (κ3) is 2.60. The van der Waals surface area contributed by atoms with E-state index in [0.717, 1.165) is 11.5 Å². The Morgan fingerprint density at radius 1 is 1.29 bits per heavy atom. The van der Waals surface area contributed by atoms with Gasteiger partial charge in [0.25, 0.3) is 0 Å². The van der Waals surface area contributed by atoms with Gasteiger partial charge in [-0.05, 0) is 46.5 Å². The first-order valence-electron chi connectivity index (χ1n) is 4.73. The molecule has 14 heavy (non-hydrogen) atoms. The van der Waals surface area contributed by atoms with Gasteiger partial charge in [0.05, 0.1) is 6.61 Å². The maximum absolute atomic E-state index is 11.4. The van der Waals surface area contributed by atoms with Crippen molar-refractivity contribution in [3.05, 3.63) is 42.7 Å². The monoisotopic (exact) mass is 191 g/mol. The quantitative estimate of drug-likeness (QED) is 0.505. The van der Waals surface area contributed by atoms with Crippen LogP contribution in [0.5, 0.6) is 0 Å². The first-order valence-corrected chi connectivity index (χ1v) is 4.73. The Balaban J connectivity index is 2.65. The van der Waals surface area contributed by atoms with E-state index in [1.165, 1.54) is 0 Å². The van der Waals surface area contributed by atoms with E-state index in [-0.39, 0.29) is 5.97 Å². The first kappa shape index (κ1) is 11.3. The lowest BCUT2D eigenvalue weighted by Crippen LogP contribution is -2.09. The second-order valence-corrected chi connectivity index (χ2v) is 3.14. The smallest absolute Gasteiger partial charge is 0.333 e. The molecule has 0 saturated heterocycles. The van der Waals surface area contributed by atoms with Gasteiger partial charge in [-0.2, -0.15) is 0 Å². The Morgan fingerprint density at radius 2 is 1.86 bits per heavy atom. The van der Waals surface area contributed by atoms with Gasteiger partial charge in [-0.25, -0.2) is 4.79 Å². The Bertz CT molecular complexity index is 235. The fourth-order valence-corrected chi connectivity index (χ4v) is 1.23. The predicted octanol–water partition coefficient (Wildman–Crippen LogP) is 2.29. The van der Waals surface area contributed by atoms with Gasteiger partial charge in [0.2, 0.25) is 0 Å². The van der Waals surface area contributed by atoms with Gasteiger partial charge in [-0.3, -0.25) is 0 Å². The summed E-state index contributed by atoms with van der Waals surface area (Å²) in [5, 5.41) is 0. The molecule has 0 heterocycles. The van der Waals surface area contributed by atoms with Crippen molar-refractivity contribution >= 4 is 5.97 Å². The van der Waals surface area contributed by atoms with Gasteiger partial charge in [0.15, 0.2) is 0 Å². The molecule has 1 fully saturated rings. The second kappa shape index (κ2) is 5.18. The normalized spacial score (nSPS) is 19.4. The van der Waals surface area contributed by atoms with Gasteiger partial charge in [-0.1, -0.05) is 5.57 Å². The summed E-state index contributed by atoms with van der Waals surface area (Å²) in [4.78, 5) is 11.4. The van der Waals surface area contributed by atoms with Crippen molar-refractivity contribution in [3.63, 3.8) is 0 Å². The number of hydrogen-bond acceptors (Lipinski definition) is 2. The van der Waals surface area contributed by atoms with Crippen LogP contribution >= 0.6 is 0 Å². The van der Waals surface area contributed by atoms with Crippen LogP contribution in [-0.2, 0) is 9.53 Å². The molecule has 0 bridgehead atoms. The van der Waals surface area contributed by atoms with Gasteiger partial charge < -0.3 is 4.74 Å². The number of rotatable bonds is 3. The van der Waals surface area contributed by atoms with Crippen LogP contribution in [0.15, 0.2) is 11.1 Å². The Labute approximate surface area is 86.3 Å². The van der Waals surface area contributed by atoms with E-state index in [9.17, 15) is 4.79 Å². The van der Waals surface area contributed by atoms with Crippen molar-refractivity contribution in [2.75, 3.05) is 6.61 Å². The van der Waals surface area contributed by atoms with Gasteiger partial charge in [0, 0.05) is 11.5 Å². The van der Waals surface area contributed by atoms with E-state index in [0.29, 0.717) is 12.2 Å². The van der Waals surface area contributed by atoms with E-state index in [1.807, 2.05) is 39.5 Å². The molecular weight excluding hydrogens is 176 g/mol. The lowest BCUT2D eigenvalue weighted by molar-refractivity contribution is -0.138. The standard InChI is InChI=1S/C12H15O2/c1-4-14-12(13)10(3)9(2)11-7-5-6-8-11/h5-8H,4H2,1-3H3/b10-9+. The van der Waals surface area contributed by atoms with Crippen LogP contribution in [0.2, 0.25) is 0 Å². The second-order valence-electron chi connectivity index (χ2n) is 3.14. The SMILES string of the molecule is CCOC(=O)/C(C)=C(\C)[C]1[CH][CH][CH][CH]1. The Hall–Kier alpha value is -0.790. The van der Waals surface area contributed by atoms with E-state index in [2.05, 4.69) is 0 Å². The largest absolute Gasteiger partial charge is 0.463 e. The molecule has 1 aliphatic carbocycles. The number of hydrogen-bond donors (Lipinski definition) is 0. The molecule has 0 aromatic carbocycles. The molecule has 1 rings (SSSR count). The van der Waals surface area contributed by atoms with Crippen molar-refractivity contribution in [3.8, 4) is 0 Å². The number of carbonyl (C=O) groups is 1. The molecule has 0 amide bonds. The van der Waals surface area contributed by atoms with Crippen LogP contribution in [0.25, 0.3) is 0 Å². The van der Waals surface area contributed by atoms with Crippen molar-refractivity contribution < 1.29 is 9.53 Å². The molecule has 0 aliphatic heterocycles. The number of ether oxygens (including phenoxy) is 1. The molecule has 0 atom stereocenters. The van der Waals surface area contributed by atoms with Crippen LogP contribution in [0.4, 0.5) is 0 Å². The van der Waals surface area contributed by atoms with Crippen molar-refractivity contribution in [1.29, 1.82) is 0 Å². The number of carbonyl (C=O) groups excluding carboxylic acids is 1. The highest BCUT2D eigenvalue weighted by atomic mass is 16.5. The van der Waals surface area contributed by atoms with Crippen LogP contribution in [0.3, 0.4) is 0 Å². The van der Waals surface area contributed by atoms with Gasteiger partial charge in [-0.15, -0.1) is 0 Å². The lowest BCUT2D eigenvalue weighted by Gasteiger charge is -2.12. The summed E-state index contributed by atoms with van der Waals surface area (Å²) in [5.41, 5.74) is 1.66. The highest BCUT2D eigenvalue weighted by molar-refractivity contribution is 5.89. The average molecular weight is 191 g/mol. The highest BCUT2D eigenvalue weighted by Crippen LogP contribution is 2.31. The third-order valence-electron chi connectivity index (χ3n) is 2.24. The fourth-order valence-electron chi connectivity index (χ4n) is 1.23. The van der Waals surface area contributed by atoms with E-state index < -0.39 is 0 Å². The summed E-state index contributed by atoms with van der Waals surface area (Å²) >= 11 is 0. The molecular formula is C12H15O2.